The molecule has 6 nitrogen and oxygen atoms in total. The smallest absolute Gasteiger partial charge is 0.338 e. The van der Waals surface area contributed by atoms with E-state index in [9.17, 15) is 13.2 Å². The first-order valence-electron chi connectivity index (χ1n) is 7.49. The van der Waals surface area contributed by atoms with Crippen molar-refractivity contribution in [1.29, 1.82) is 0 Å². The molecular formula is C17H17Cl2NO5S. The van der Waals surface area contributed by atoms with Crippen molar-refractivity contribution in [3.05, 3.63) is 58.1 Å². The van der Waals surface area contributed by atoms with Gasteiger partial charge in [0.05, 0.1) is 15.5 Å². The highest BCUT2D eigenvalue weighted by Crippen LogP contribution is 2.27. The summed E-state index contributed by atoms with van der Waals surface area (Å²) in [7, 11) is -0.795. The van der Waals surface area contributed by atoms with Gasteiger partial charge < -0.3 is 9.47 Å². The third-order valence-electron chi connectivity index (χ3n) is 3.32. The molecule has 0 fully saturated rings. The summed E-state index contributed by atoms with van der Waals surface area (Å²) in [4.78, 5) is 12.1. The summed E-state index contributed by atoms with van der Waals surface area (Å²) >= 11 is 11.8. The molecule has 2 rings (SSSR count). The van der Waals surface area contributed by atoms with Gasteiger partial charge in [-0.1, -0.05) is 29.3 Å². The minimum absolute atomic E-state index is 0.0150. The molecule has 140 valence electrons. The number of rotatable bonds is 7. The molecule has 0 saturated heterocycles. The summed E-state index contributed by atoms with van der Waals surface area (Å²) in [6, 6.07) is 10.4. The van der Waals surface area contributed by atoms with E-state index in [4.69, 9.17) is 32.7 Å². The molecule has 0 N–H and O–H groups in total. The van der Waals surface area contributed by atoms with Crippen molar-refractivity contribution < 1.29 is 22.7 Å². The summed E-state index contributed by atoms with van der Waals surface area (Å²) in [5.41, 5.74) is 0.137. The zero-order valence-electron chi connectivity index (χ0n) is 14.1. The van der Waals surface area contributed by atoms with Crippen LogP contribution in [-0.4, -0.2) is 46.0 Å². The molecule has 0 bridgehead atoms. The Morgan fingerprint density at radius 1 is 1.08 bits per heavy atom. The maximum absolute atomic E-state index is 12.1. The van der Waals surface area contributed by atoms with Crippen LogP contribution in [0.15, 0.2) is 47.4 Å². The van der Waals surface area contributed by atoms with Gasteiger partial charge in [0.15, 0.2) is 0 Å². The number of hydrogen-bond acceptors (Lipinski definition) is 5. The van der Waals surface area contributed by atoms with E-state index in [0.717, 1.165) is 4.31 Å². The molecule has 0 atom stereocenters. The van der Waals surface area contributed by atoms with Crippen molar-refractivity contribution in [2.24, 2.45) is 0 Å². The van der Waals surface area contributed by atoms with E-state index in [0.29, 0.717) is 15.8 Å². The number of halogens is 2. The number of carbonyl (C=O) groups is 1. The summed E-state index contributed by atoms with van der Waals surface area (Å²) in [6.07, 6.45) is 0. The minimum atomic E-state index is -3.63. The molecule has 2 aromatic carbocycles. The van der Waals surface area contributed by atoms with Crippen LogP contribution in [0.4, 0.5) is 0 Å². The average molecular weight is 418 g/mol. The van der Waals surface area contributed by atoms with Crippen LogP contribution < -0.4 is 4.74 Å². The number of carbonyl (C=O) groups excluding carboxylic acids is 1. The lowest BCUT2D eigenvalue weighted by Gasteiger charge is -2.12. The van der Waals surface area contributed by atoms with Crippen molar-refractivity contribution in [1.82, 2.24) is 4.31 Å². The number of benzene rings is 2. The highest BCUT2D eigenvalue weighted by molar-refractivity contribution is 7.89. The number of nitrogens with zero attached hydrogens (tertiary/aromatic N) is 1. The number of esters is 1. The van der Waals surface area contributed by atoms with Crippen LogP contribution in [0.25, 0.3) is 0 Å². The first-order valence-corrected chi connectivity index (χ1v) is 9.69. The molecule has 0 saturated carbocycles. The van der Waals surface area contributed by atoms with E-state index in [-0.39, 0.29) is 23.7 Å². The van der Waals surface area contributed by atoms with Gasteiger partial charge in [0.2, 0.25) is 10.0 Å². The Kier molecular flexibility index (Phi) is 6.88. The van der Waals surface area contributed by atoms with E-state index in [1.165, 1.54) is 38.4 Å². The van der Waals surface area contributed by atoms with Crippen molar-refractivity contribution in [3.63, 3.8) is 0 Å². The van der Waals surface area contributed by atoms with Gasteiger partial charge in [0, 0.05) is 19.1 Å². The Balaban J connectivity index is 1.94. The molecular weight excluding hydrogens is 401 g/mol. The molecule has 9 heteroatoms. The zero-order chi connectivity index (χ0) is 19.3. The Morgan fingerprint density at radius 3 is 2.46 bits per heavy atom. The summed E-state index contributed by atoms with van der Waals surface area (Å²) in [6.45, 7) is 0.0607. The Hall–Kier alpha value is -1.80. The minimum Gasteiger partial charge on any atom is -0.488 e. The molecule has 0 aliphatic heterocycles. The van der Waals surface area contributed by atoms with Gasteiger partial charge in [-0.15, -0.1) is 0 Å². The van der Waals surface area contributed by atoms with Crippen LogP contribution in [0, 0.1) is 0 Å². The van der Waals surface area contributed by atoms with E-state index in [2.05, 4.69) is 0 Å². The summed E-state index contributed by atoms with van der Waals surface area (Å²) < 4.78 is 35.8. The van der Waals surface area contributed by atoms with Gasteiger partial charge in [-0.2, -0.15) is 0 Å². The SMILES string of the molecule is CN(C)S(=O)(=O)c1cccc(C(=O)OCCOc2ccc(Cl)cc2Cl)c1. The fraction of sp³-hybridized carbons (Fsp3) is 0.235. The van der Waals surface area contributed by atoms with Crippen LogP contribution in [0.2, 0.25) is 10.0 Å². The molecule has 2 aromatic rings. The van der Waals surface area contributed by atoms with Gasteiger partial charge in [-0.05, 0) is 36.4 Å². The third kappa shape index (κ3) is 5.11. The maximum Gasteiger partial charge on any atom is 0.338 e. The van der Waals surface area contributed by atoms with Crippen molar-refractivity contribution in [2.45, 2.75) is 4.90 Å². The predicted octanol–water partition coefficient (Wildman–Crippen LogP) is 3.48. The van der Waals surface area contributed by atoms with Crippen molar-refractivity contribution >= 4 is 39.2 Å². The fourth-order valence-corrected chi connectivity index (χ4v) is 3.37. The van der Waals surface area contributed by atoms with Gasteiger partial charge in [0.1, 0.15) is 19.0 Å². The number of sulfonamides is 1. The Labute approximate surface area is 162 Å². The highest BCUT2D eigenvalue weighted by Gasteiger charge is 2.19. The molecule has 0 amide bonds. The van der Waals surface area contributed by atoms with Crippen LogP contribution >= 0.6 is 23.2 Å². The van der Waals surface area contributed by atoms with Crippen LogP contribution in [-0.2, 0) is 14.8 Å². The van der Waals surface area contributed by atoms with Crippen LogP contribution in [0.3, 0.4) is 0 Å². The predicted molar refractivity (Wildman–Crippen MR) is 99.6 cm³/mol. The van der Waals surface area contributed by atoms with E-state index in [1.54, 1.807) is 18.2 Å². The molecule has 0 aliphatic rings. The molecule has 0 unspecified atom stereocenters. The van der Waals surface area contributed by atoms with Crippen molar-refractivity contribution in [2.75, 3.05) is 27.3 Å². The second-order valence-corrected chi connectivity index (χ2v) is 8.37. The quantitative estimate of drug-likeness (QED) is 0.509. The molecule has 0 heterocycles. The van der Waals surface area contributed by atoms with E-state index < -0.39 is 16.0 Å². The molecule has 0 radical (unpaired) electrons. The van der Waals surface area contributed by atoms with Crippen LogP contribution in [0.1, 0.15) is 10.4 Å². The van der Waals surface area contributed by atoms with Gasteiger partial charge in [0.25, 0.3) is 0 Å². The number of hydrogen-bond donors (Lipinski definition) is 0. The average Bonchev–Trinajstić information content (AvgIpc) is 2.60. The second-order valence-electron chi connectivity index (χ2n) is 5.37. The summed E-state index contributed by atoms with van der Waals surface area (Å²) in [5.74, 6) is -0.224. The van der Waals surface area contributed by atoms with Gasteiger partial charge in [-0.3, -0.25) is 0 Å². The Bertz CT molecular complexity index is 900. The lowest BCUT2D eigenvalue weighted by molar-refractivity contribution is 0.0450. The molecule has 0 spiro atoms. The maximum atomic E-state index is 12.1. The zero-order valence-corrected chi connectivity index (χ0v) is 16.4. The lowest BCUT2D eigenvalue weighted by atomic mass is 10.2. The normalized spacial score (nSPS) is 11.4. The highest BCUT2D eigenvalue weighted by atomic mass is 35.5. The van der Waals surface area contributed by atoms with Crippen LogP contribution in [0.5, 0.6) is 5.75 Å². The second kappa shape index (κ2) is 8.73. The molecule has 0 aliphatic carbocycles. The van der Waals surface area contributed by atoms with Gasteiger partial charge in [-0.25, -0.2) is 17.5 Å². The van der Waals surface area contributed by atoms with E-state index in [1.807, 2.05) is 0 Å². The van der Waals surface area contributed by atoms with Gasteiger partial charge >= 0.3 is 5.97 Å². The monoisotopic (exact) mass is 417 g/mol. The fourth-order valence-electron chi connectivity index (χ4n) is 1.96. The first-order chi connectivity index (χ1) is 12.2. The van der Waals surface area contributed by atoms with E-state index >= 15 is 0 Å². The third-order valence-corrected chi connectivity index (χ3v) is 5.66. The standard InChI is InChI=1S/C17H17Cl2NO5S/c1-20(2)26(22,23)14-5-3-4-12(10-14)17(21)25-9-8-24-16-7-6-13(18)11-15(16)19/h3-7,10-11H,8-9H2,1-2H3. The summed E-state index contributed by atoms with van der Waals surface area (Å²) in [5, 5.41) is 0.840. The Morgan fingerprint density at radius 2 is 1.81 bits per heavy atom. The molecule has 0 aromatic heterocycles. The van der Waals surface area contributed by atoms with Crippen molar-refractivity contribution in [3.8, 4) is 5.75 Å². The first kappa shape index (κ1) is 20.5. The topological polar surface area (TPSA) is 72.9 Å². The largest absolute Gasteiger partial charge is 0.488 e. The molecule has 26 heavy (non-hydrogen) atoms. The number of ether oxygens (including phenoxy) is 2. The lowest BCUT2D eigenvalue weighted by Crippen LogP contribution is -2.22.